The molecule has 0 aliphatic rings. The molecule has 3 amide bonds. The van der Waals surface area contributed by atoms with E-state index in [0.29, 0.717) is 23.2 Å². The molecule has 0 aliphatic heterocycles. The van der Waals surface area contributed by atoms with Crippen molar-refractivity contribution in [1.82, 2.24) is 10.9 Å². The summed E-state index contributed by atoms with van der Waals surface area (Å²) >= 11 is 0. The molecule has 0 aromatic heterocycles. The maximum absolute atomic E-state index is 12.4. The minimum atomic E-state index is -0.527. The second-order valence-corrected chi connectivity index (χ2v) is 7.80. The lowest BCUT2D eigenvalue weighted by molar-refractivity contribution is -0.144. The largest absolute Gasteiger partial charge is 0.465 e. The fourth-order valence-corrected chi connectivity index (χ4v) is 3.21. The predicted octanol–water partition coefficient (Wildman–Crippen LogP) is 3.57. The summed E-state index contributed by atoms with van der Waals surface area (Å²) in [6.45, 7) is 2.09. The molecule has 8 heteroatoms. The van der Waals surface area contributed by atoms with E-state index < -0.39 is 17.8 Å². The zero-order chi connectivity index (χ0) is 25.0. The van der Waals surface area contributed by atoms with Gasteiger partial charge in [-0.3, -0.25) is 30.0 Å². The third-order valence-corrected chi connectivity index (χ3v) is 5.16. The third-order valence-electron chi connectivity index (χ3n) is 5.16. The van der Waals surface area contributed by atoms with Gasteiger partial charge >= 0.3 is 5.97 Å². The molecule has 3 aromatic carbocycles. The molecule has 0 unspecified atom stereocenters. The number of hydrogen-bond donors (Lipinski definition) is 3. The Morgan fingerprint density at radius 1 is 0.743 bits per heavy atom. The quantitative estimate of drug-likeness (QED) is 0.325. The number of esters is 1. The topological polar surface area (TPSA) is 114 Å². The zero-order valence-electron chi connectivity index (χ0n) is 19.4. The van der Waals surface area contributed by atoms with Crippen molar-refractivity contribution >= 4 is 29.4 Å². The fraction of sp³-hybridized carbons (Fsp3) is 0.185. The molecule has 0 bridgehead atoms. The molecular formula is C27H27N3O5. The molecule has 0 atom stereocenters. The van der Waals surface area contributed by atoms with Gasteiger partial charge in [-0.2, -0.15) is 0 Å². The Balaban J connectivity index is 1.36. The SMILES string of the molecule is Cc1ccccc1C(=O)Nc1ccc(C(=O)NNC(=O)CCC(=O)OCCc2ccccc2)cc1. The van der Waals surface area contributed by atoms with Crippen molar-refractivity contribution in [3.8, 4) is 0 Å². The number of nitrogens with one attached hydrogen (secondary N) is 3. The summed E-state index contributed by atoms with van der Waals surface area (Å²) in [6.07, 6.45) is 0.392. The van der Waals surface area contributed by atoms with Crippen LogP contribution in [-0.4, -0.2) is 30.3 Å². The van der Waals surface area contributed by atoms with Gasteiger partial charge in [-0.1, -0.05) is 48.5 Å². The van der Waals surface area contributed by atoms with Crippen LogP contribution in [0.5, 0.6) is 0 Å². The van der Waals surface area contributed by atoms with E-state index in [9.17, 15) is 19.2 Å². The van der Waals surface area contributed by atoms with Gasteiger partial charge in [-0.05, 0) is 48.4 Å². The highest BCUT2D eigenvalue weighted by Gasteiger charge is 2.12. The van der Waals surface area contributed by atoms with Crippen LogP contribution in [0, 0.1) is 6.92 Å². The first-order chi connectivity index (χ1) is 16.9. The van der Waals surface area contributed by atoms with Crippen molar-refractivity contribution in [2.24, 2.45) is 0 Å². The third kappa shape index (κ3) is 8.12. The number of ether oxygens (including phenoxy) is 1. The first-order valence-corrected chi connectivity index (χ1v) is 11.2. The summed E-state index contributed by atoms with van der Waals surface area (Å²) in [4.78, 5) is 48.4. The first-order valence-electron chi connectivity index (χ1n) is 11.2. The number of amides is 3. The van der Waals surface area contributed by atoms with E-state index in [1.807, 2.05) is 49.4 Å². The maximum atomic E-state index is 12.4. The normalized spacial score (nSPS) is 10.2. The van der Waals surface area contributed by atoms with E-state index in [4.69, 9.17) is 4.74 Å². The van der Waals surface area contributed by atoms with Crippen LogP contribution in [0.15, 0.2) is 78.9 Å². The zero-order valence-corrected chi connectivity index (χ0v) is 19.4. The van der Waals surface area contributed by atoms with Gasteiger partial charge in [0, 0.05) is 29.7 Å². The average Bonchev–Trinajstić information content (AvgIpc) is 2.87. The van der Waals surface area contributed by atoms with E-state index in [1.54, 1.807) is 24.3 Å². The minimum Gasteiger partial charge on any atom is -0.465 e. The van der Waals surface area contributed by atoms with Crippen LogP contribution in [0.4, 0.5) is 5.69 Å². The van der Waals surface area contributed by atoms with Gasteiger partial charge in [-0.25, -0.2) is 0 Å². The number of carbonyl (C=O) groups is 4. The van der Waals surface area contributed by atoms with Gasteiger partial charge in [-0.15, -0.1) is 0 Å². The highest BCUT2D eigenvalue weighted by Crippen LogP contribution is 2.13. The molecule has 0 aliphatic carbocycles. The molecule has 0 spiro atoms. The van der Waals surface area contributed by atoms with Gasteiger partial charge in [0.25, 0.3) is 11.8 Å². The van der Waals surface area contributed by atoms with Gasteiger partial charge in [0.05, 0.1) is 13.0 Å². The molecular weight excluding hydrogens is 446 g/mol. The molecule has 0 radical (unpaired) electrons. The summed E-state index contributed by atoms with van der Waals surface area (Å²) in [6, 6.07) is 23.1. The van der Waals surface area contributed by atoms with E-state index >= 15 is 0 Å². The van der Waals surface area contributed by atoms with E-state index in [1.165, 1.54) is 12.1 Å². The number of aryl methyl sites for hydroxylation is 1. The summed E-state index contributed by atoms with van der Waals surface area (Å²) in [5.41, 5.74) is 7.89. The molecule has 0 heterocycles. The number of benzene rings is 3. The monoisotopic (exact) mass is 473 g/mol. The van der Waals surface area contributed by atoms with Crippen LogP contribution >= 0.6 is 0 Å². The Kier molecular flexibility index (Phi) is 9.13. The number of hydrazine groups is 1. The second kappa shape index (κ2) is 12.7. The standard InChI is InChI=1S/C27H27N3O5/c1-19-7-5-6-10-23(19)27(34)28-22-13-11-21(12-14-22)26(33)30-29-24(31)15-16-25(32)35-18-17-20-8-3-2-4-9-20/h2-14H,15-18H2,1H3,(H,28,34)(H,29,31)(H,30,33). The lowest BCUT2D eigenvalue weighted by Gasteiger charge is -2.10. The van der Waals surface area contributed by atoms with Crippen LogP contribution in [0.1, 0.15) is 44.7 Å². The van der Waals surface area contributed by atoms with Crippen molar-refractivity contribution in [3.63, 3.8) is 0 Å². The summed E-state index contributed by atoms with van der Waals surface area (Å²) < 4.78 is 5.13. The molecule has 3 aromatic rings. The van der Waals surface area contributed by atoms with Crippen molar-refractivity contribution in [2.45, 2.75) is 26.2 Å². The summed E-state index contributed by atoms with van der Waals surface area (Å²) in [7, 11) is 0. The number of hydrogen-bond acceptors (Lipinski definition) is 5. The van der Waals surface area contributed by atoms with E-state index in [2.05, 4.69) is 16.2 Å². The molecule has 0 saturated heterocycles. The highest BCUT2D eigenvalue weighted by molar-refractivity contribution is 6.05. The Morgan fingerprint density at radius 2 is 1.43 bits per heavy atom. The molecule has 8 nitrogen and oxygen atoms in total. The highest BCUT2D eigenvalue weighted by atomic mass is 16.5. The smallest absolute Gasteiger partial charge is 0.306 e. The maximum Gasteiger partial charge on any atom is 0.306 e. The van der Waals surface area contributed by atoms with Crippen molar-refractivity contribution in [2.75, 3.05) is 11.9 Å². The van der Waals surface area contributed by atoms with Crippen LogP contribution < -0.4 is 16.2 Å². The Hall–Kier alpha value is -4.46. The number of rotatable bonds is 9. The predicted molar refractivity (Wildman–Crippen MR) is 132 cm³/mol. The van der Waals surface area contributed by atoms with Crippen LogP contribution in [0.3, 0.4) is 0 Å². The fourth-order valence-electron chi connectivity index (χ4n) is 3.21. The number of anilines is 1. The molecule has 180 valence electrons. The van der Waals surface area contributed by atoms with Crippen molar-refractivity contribution in [3.05, 3.63) is 101 Å². The van der Waals surface area contributed by atoms with Gasteiger partial charge in [0.2, 0.25) is 5.91 Å². The molecule has 3 N–H and O–H groups in total. The Bertz CT molecular complexity index is 1180. The van der Waals surface area contributed by atoms with Gasteiger partial charge in [0.15, 0.2) is 0 Å². The minimum absolute atomic E-state index is 0.0915. The van der Waals surface area contributed by atoms with Gasteiger partial charge < -0.3 is 10.1 Å². The van der Waals surface area contributed by atoms with E-state index in [-0.39, 0.29) is 25.4 Å². The van der Waals surface area contributed by atoms with Crippen LogP contribution in [-0.2, 0) is 20.7 Å². The van der Waals surface area contributed by atoms with Gasteiger partial charge in [0.1, 0.15) is 0 Å². The van der Waals surface area contributed by atoms with Crippen LogP contribution in [0.25, 0.3) is 0 Å². The number of carbonyl (C=O) groups excluding carboxylic acids is 4. The second-order valence-electron chi connectivity index (χ2n) is 7.80. The summed E-state index contributed by atoms with van der Waals surface area (Å²) in [5, 5.41) is 2.78. The lowest BCUT2D eigenvalue weighted by Crippen LogP contribution is -2.41. The summed E-state index contributed by atoms with van der Waals surface area (Å²) in [5.74, 6) is -1.77. The van der Waals surface area contributed by atoms with E-state index in [0.717, 1.165) is 11.1 Å². The first kappa shape index (κ1) is 25.2. The molecule has 3 rings (SSSR count). The molecule has 35 heavy (non-hydrogen) atoms. The van der Waals surface area contributed by atoms with Crippen LogP contribution in [0.2, 0.25) is 0 Å². The Morgan fingerprint density at radius 3 is 2.14 bits per heavy atom. The lowest BCUT2D eigenvalue weighted by atomic mass is 10.1. The molecule has 0 saturated carbocycles. The molecule has 0 fully saturated rings. The van der Waals surface area contributed by atoms with Crippen molar-refractivity contribution < 1.29 is 23.9 Å². The Labute approximate surface area is 203 Å². The van der Waals surface area contributed by atoms with Crippen molar-refractivity contribution in [1.29, 1.82) is 0 Å². The average molecular weight is 474 g/mol.